The standard InChI is InChI=1S/C13H16N2O2/c1-4-10-6-7-15-11(8-10)14-9(3)12(15)13(16)17-5-2/h6-8H,4-5H2,1-3H3. The van der Waals surface area contributed by atoms with Gasteiger partial charge in [-0.1, -0.05) is 6.92 Å². The van der Waals surface area contributed by atoms with Gasteiger partial charge in [0, 0.05) is 6.20 Å². The van der Waals surface area contributed by atoms with Gasteiger partial charge in [-0.25, -0.2) is 9.78 Å². The Bertz CT molecular complexity index is 558. The Morgan fingerprint density at radius 3 is 2.88 bits per heavy atom. The molecule has 4 heteroatoms. The van der Waals surface area contributed by atoms with Gasteiger partial charge in [0.15, 0.2) is 5.69 Å². The Hall–Kier alpha value is -1.84. The minimum absolute atomic E-state index is 0.318. The molecular formula is C13H16N2O2. The largest absolute Gasteiger partial charge is 0.461 e. The molecule has 0 aliphatic heterocycles. The summed E-state index contributed by atoms with van der Waals surface area (Å²) < 4.78 is 6.82. The predicted octanol–water partition coefficient (Wildman–Crippen LogP) is 2.38. The van der Waals surface area contributed by atoms with Crippen LogP contribution < -0.4 is 0 Å². The van der Waals surface area contributed by atoms with E-state index in [4.69, 9.17) is 4.74 Å². The number of aromatic nitrogens is 2. The van der Waals surface area contributed by atoms with Crippen LogP contribution in [0, 0.1) is 6.92 Å². The summed E-state index contributed by atoms with van der Waals surface area (Å²) in [6, 6.07) is 3.99. The Kier molecular flexibility index (Phi) is 3.13. The van der Waals surface area contributed by atoms with Gasteiger partial charge in [0.2, 0.25) is 0 Å². The second-order valence-corrected chi connectivity index (χ2v) is 3.88. The molecule has 0 saturated heterocycles. The molecule has 0 saturated carbocycles. The summed E-state index contributed by atoms with van der Waals surface area (Å²) in [5.74, 6) is -0.318. The fourth-order valence-electron chi connectivity index (χ4n) is 1.87. The first-order chi connectivity index (χ1) is 8.17. The Morgan fingerprint density at radius 2 is 2.24 bits per heavy atom. The molecule has 0 N–H and O–H groups in total. The van der Waals surface area contributed by atoms with Gasteiger partial charge >= 0.3 is 5.97 Å². The SMILES string of the molecule is CCOC(=O)c1c(C)nc2cc(CC)ccn12. The fourth-order valence-corrected chi connectivity index (χ4v) is 1.87. The van der Waals surface area contributed by atoms with Gasteiger partial charge in [0.05, 0.1) is 12.3 Å². The van der Waals surface area contributed by atoms with Crippen molar-refractivity contribution in [1.82, 2.24) is 9.38 Å². The van der Waals surface area contributed by atoms with E-state index in [1.54, 1.807) is 11.3 Å². The lowest BCUT2D eigenvalue weighted by Crippen LogP contribution is -2.09. The monoisotopic (exact) mass is 232 g/mol. The van der Waals surface area contributed by atoms with Crippen molar-refractivity contribution in [2.75, 3.05) is 6.61 Å². The van der Waals surface area contributed by atoms with Crippen LogP contribution in [-0.4, -0.2) is 22.0 Å². The number of carbonyl (C=O) groups excluding carboxylic acids is 1. The molecule has 0 spiro atoms. The first-order valence-electron chi connectivity index (χ1n) is 5.82. The van der Waals surface area contributed by atoms with Crippen LogP contribution in [0.2, 0.25) is 0 Å². The molecule has 0 fully saturated rings. The smallest absolute Gasteiger partial charge is 0.357 e. The second kappa shape index (κ2) is 4.57. The van der Waals surface area contributed by atoms with Gasteiger partial charge in [-0.2, -0.15) is 0 Å². The maximum atomic E-state index is 11.8. The van der Waals surface area contributed by atoms with Crippen LogP contribution in [0.1, 0.15) is 35.6 Å². The van der Waals surface area contributed by atoms with Crippen molar-refractivity contribution in [3.05, 3.63) is 35.3 Å². The average molecular weight is 232 g/mol. The van der Waals surface area contributed by atoms with Crippen LogP contribution in [0.5, 0.6) is 0 Å². The zero-order chi connectivity index (χ0) is 12.4. The van der Waals surface area contributed by atoms with Crippen LogP contribution in [0.3, 0.4) is 0 Å². The topological polar surface area (TPSA) is 43.6 Å². The van der Waals surface area contributed by atoms with Gasteiger partial charge in [0.1, 0.15) is 5.65 Å². The Balaban J connectivity index is 2.56. The lowest BCUT2D eigenvalue weighted by atomic mass is 10.2. The Labute approximate surface area is 100 Å². The molecule has 2 rings (SSSR count). The summed E-state index contributed by atoms with van der Waals surface area (Å²) in [7, 11) is 0. The van der Waals surface area contributed by atoms with Crippen molar-refractivity contribution in [3.63, 3.8) is 0 Å². The van der Waals surface area contributed by atoms with Gasteiger partial charge < -0.3 is 4.74 Å². The van der Waals surface area contributed by atoms with Crippen molar-refractivity contribution in [1.29, 1.82) is 0 Å². The number of carbonyl (C=O) groups is 1. The molecule has 0 radical (unpaired) electrons. The predicted molar refractivity (Wildman–Crippen MR) is 65.3 cm³/mol. The number of esters is 1. The summed E-state index contributed by atoms with van der Waals surface area (Å²) in [6.45, 7) is 6.09. The second-order valence-electron chi connectivity index (χ2n) is 3.88. The molecular weight excluding hydrogens is 216 g/mol. The zero-order valence-corrected chi connectivity index (χ0v) is 10.4. The fraction of sp³-hybridized carbons (Fsp3) is 0.385. The van der Waals surface area contributed by atoms with Crippen LogP contribution >= 0.6 is 0 Å². The maximum Gasteiger partial charge on any atom is 0.357 e. The van der Waals surface area contributed by atoms with Gasteiger partial charge in [-0.3, -0.25) is 4.40 Å². The minimum atomic E-state index is -0.318. The zero-order valence-electron chi connectivity index (χ0n) is 10.4. The highest BCUT2D eigenvalue weighted by Crippen LogP contribution is 2.15. The number of ether oxygens (including phenoxy) is 1. The number of imidazole rings is 1. The molecule has 90 valence electrons. The number of aryl methyl sites for hydroxylation is 2. The molecule has 4 nitrogen and oxygen atoms in total. The molecule has 0 aliphatic carbocycles. The molecule has 0 unspecified atom stereocenters. The molecule has 0 atom stereocenters. The van der Waals surface area contributed by atoms with Crippen molar-refractivity contribution >= 4 is 11.6 Å². The van der Waals surface area contributed by atoms with E-state index in [1.807, 2.05) is 25.3 Å². The van der Waals surface area contributed by atoms with Crippen molar-refractivity contribution in [2.45, 2.75) is 27.2 Å². The van der Waals surface area contributed by atoms with E-state index in [1.165, 1.54) is 5.56 Å². The van der Waals surface area contributed by atoms with E-state index in [-0.39, 0.29) is 5.97 Å². The normalized spacial score (nSPS) is 10.8. The van der Waals surface area contributed by atoms with E-state index < -0.39 is 0 Å². The highest BCUT2D eigenvalue weighted by Gasteiger charge is 2.17. The van der Waals surface area contributed by atoms with Crippen molar-refractivity contribution in [3.8, 4) is 0 Å². The molecule has 0 bridgehead atoms. The number of hydrogen-bond donors (Lipinski definition) is 0. The molecule has 0 amide bonds. The maximum absolute atomic E-state index is 11.8. The summed E-state index contributed by atoms with van der Waals surface area (Å²) in [5.41, 5.74) is 3.23. The summed E-state index contributed by atoms with van der Waals surface area (Å²) >= 11 is 0. The summed E-state index contributed by atoms with van der Waals surface area (Å²) in [4.78, 5) is 16.2. The van der Waals surface area contributed by atoms with E-state index in [0.717, 1.165) is 12.1 Å². The third kappa shape index (κ3) is 2.02. The number of pyridine rings is 1. The highest BCUT2D eigenvalue weighted by molar-refractivity contribution is 5.90. The molecule has 0 aliphatic rings. The average Bonchev–Trinajstić information content (AvgIpc) is 2.64. The molecule has 2 aromatic rings. The van der Waals surface area contributed by atoms with Gasteiger partial charge in [-0.05, 0) is 38.0 Å². The molecule has 2 aromatic heterocycles. The Morgan fingerprint density at radius 1 is 1.47 bits per heavy atom. The third-order valence-corrected chi connectivity index (χ3v) is 2.74. The van der Waals surface area contributed by atoms with E-state index >= 15 is 0 Å². The van der Waals surface area contributed by atoms with Crippen LogP contribution in [0.15, 0.2) is 18.3 Å². The first-order valence-corrected chi connectivity index (χ1v) is 5.82. The van der Waals surface area contributed by atoms with Crippen LogP contribution in [-0.2, 0) is 11.2 Å². The van der Waals surface area contributed by atoms with Crippen LogP contribution in [0.25, 0.3) is 5.65 Å². The highest BCUT2D eigenvalue weighted by atomic mass is 16.5. The van der Waals surface area contributed by atoms with Crippen molar-refractivity contribution < 1.29 is 9.53 Å². The van der Waals surface area contributed by atoms with Crippen molar-refractivity contribution in [2.24, 2.45) is 0 Å². The van der Waals surface area contributed by atoms with E-state index in [2.05, 4.69) is 11.9 Å². The molecule has 2 heterocycles. The van der Waals surface area contributed by atoms with Gasteiger partial charge in [-0.15, -0.1) is 0 Å². The van der Waals surface area contributed by atoms with E-state index in [9.17, 15) is 4.79 Å². The first kappa shape index (κ1) is 11.6. The van der Waals surface area contributed by atoms with Crippen LogP contribution in [0.4, 0.5) is 0 Å². The number of fused-ring (bicyclic) bond motifs is 1. The number of nitrogens with zero attached hydrogens (tertiary/aromatic N) is 2. The van der Waals surface area contributed by atoms with Gasteiger partial charge in [0.25, 0.3) is 0 Å². The number of rotatable bonds is 3. The lowest BCUT2D eigenvalue weighted by molar-refractivity contribution is 0.0517. The summed E-state index contributed by atoms with van der Waals surface area (Å²) in [5, 5.41) is 0. The quantitative estimate of drug-likeness (QED) is 0.763. The number of hydrogen-bond acceptors (Lipinski definition) is 3. The third-order valence-electron chi connectivity index (χ3n) is 2.74. The molecule has 0 aromatic carbocycles. The van der Waals surface area contributed by atoms with E-state index in [0.29, 0.717) is 18.0 Å². The molecule has 17 heavy (non-hydrogen) atoms. The minimum Gasteiger partial charge on any atom is -0.461 e. The lowest BCUT2D eigenvalue weighted by Gasteiger charge is -2.03. The summed E-state index contributed by atoms with van der Waals surface area (Å²) in [6.07, 6.45) is 2.83.